The Hall–Kier alpha value is -1.60. The van der Waals surface area contributed by atoms with Crippen LogP contribution in [0.15, 0.2) is 24.3 Å². The van der Waals surface area contributed by atoms with Gasteiger partial charge in [-0.05, 0) is 31.5 Å². The van der Waals surface area contributed by atoms with Crippen molar-refractivity contribution in [2.24, 2.45) is 0 Å². The van der Waals surface area contributed by atoms with E-state index in [0.717, 1.165) is 12.5 Å². The number of nitrogens with zero attached hydrogens (tertiary/aromatic N) is 1. The van der Waals surface area contributed by atoms with Gasteiger partial charge in [-0.1, -0.05) is 23.7 Å². The van der Waals surface area contributed by atoms with Crippen LogP contribution in [-0.2, 0) is 19.4 Å². The fourth-order valence-electron chi connectivity index (χ4n) is 1.73. The molecule has 122 valence electrons. The molecule has 1 rings (SSSR count). The molecule has 0 aliphatic carbocycles. The summed E-state index contributed by atoms with van der Waals surface area (Å²) in [5, 5.41) is 7.71. The third-order valence-corrected chi connectivity index (χ3v) is 5.72. The number of amides is 1. The average molecular weight is 348 g/mol. The average Bonchev–Trinajstić information content (AvgIpc) is 2.45. The zero-order chi connectivity index (χ0) is 17.1. The monoisotopic (exact) mass is 347 g/mol. The number of hydrogen-bond donors (Lipinski definition) is 1. The van der Waals surface area contributed by atoms with E-state index in [1.807, 2.05) is 0 Å². The lowest BCUT2D eigenvalue weighted by Crippen LogP contribution is -2.39. The lowest BCUT2D eigenvalue weighted by molar-refractivity contribution is -0.136. The van der Waals surface area contributed by atoms with E-state index in [2.05, 4.69) is 0 Å². The minimum Gasteiger partial charge on any atom is -0.480 e. The largest absolute Gasteiger partial charge is 0.480 e. The highest BCUT2D eigenvalue weighted by molar-refractivity contribution is 7.93. The van der Waals surface area contributed by atoms with E-state index in [1.54, 1.807) is 31.2 Å². The molecule has 1 N–H and O–H groups in total. The highest BCUT2D eigenvalue weighted by atomic mass is 35.5. The fourth-order valence-corrected chi connectivity index (χ4v) is 2.96. The topological polar surface area (TPSA) is 91.8 Å². The molecule has 2 atom stereocenters. The van der Waals surface area contributed by atoms with Crippen LogP contribution in [0.3, 0.4) is 0 Å². The molecule has 0 saturated heterocycles. The van der Waals surface area contributed by atoms with Gasteiger partial charge in [-0.15, -0.1) is 0 Å². The van der Waals surface area contributed by atoms with Gasteiger partial charge in [0.05, 0.1) is 6.04 Å². The first-order valence-electron chi connectivity index (χ1n) is 6.51. The van der Waals surface area contributed by atoms with Crippen molar-refractivity contribution >= 4 is 33.3 Å². The number of carboxylic acid groups (broad SMARTS) is 1. The Morgan fingerprint density at radius 1 is 1.23 bits per heavy atom. The zero-order valence-electron chi connectivity index (χ0n) is 12.5. The number of sulfone groups is 1. The van der Waals surface area contributed by atoms with Gasteiger partial charge in [0.1, 0.15) is 5.75 Å². The minimum atomic E-state index is -4.04. The van der Waals surface area contributed by atoms with Gasteiger partial charge in [0, 0.05) is 12.1 Å². The van der Waals surface area contributed by atoms with Crippen molar-refractivity contribution in [3.63, 3.8) is 0 Å². The van der Waals surface area contributed by atoms with Crippen LogP contribution >= 0.6 is 11.6 Å². The number of aliphatic carboxylic acids is 1. The molecule has 1 aromatic carbocycles. The van der Waals surface area contributed by atoms with E-state index in [1.165, 1.54) is 11.9 Å². The third kappa shape index (κ3) is 4.45. The van der Waals surface area contributed by atoms with Gasteiger partial charge in [-0.3, -0.25) is 9.59 Å². The van der Waals surface area contributed by atoms with E-state index in [4.69, 9.17) is 16.7 Å². The number of rotatable bonds is 6. The van der Waals surface area contributed by atoms with Gasteiger partial charge < -0.3 is 10.0 Å². The molecule has 8 heteroatoms. The maximum atomic E-state index is 12.1. The Bertz CT molecular complexity index is 656. The molecule has 0 heterocycles. The van der Waals surface area contributed by atoms with Gasteiger partial charge in [0.2, 0.25) is 5.91 Å². The standard InChI is InChI=1S/C14H18ClNO5S/c1-9(11-4-6-12(15)7-5-11)16(3)13(17)8-22(20,21)10(2)14(18)19/h4-7,9-10H,8H2,1-3H3,(H,18,19)/t9-,10-/m1/s1. The molecular formula is C14H18ClNO5S. The number of hydrogen-bond acceptors (Lipinski definition) is 4. The summed E-state index contributed by atoms with van der Waals surface area (Å²) in [5.41, 5.74) is 0.795. The second-order valence-corrected chi connectivity index (χ2v) is 7.78. The van der Waals surface area contributed by atoms with E-state index in [-0.39, 0.29) is 6.04 Å². The Morgan fingerprint density at radius 3 is 2.18 bits per heavy atom. The number of halogens is 1. The van der Waals surface area contributed by atoms with Crippen LogP contribution in [0.25, 0.3) is 0 Å². The molecule has 1 amide bonds. The number of benzene rings is 1. The third-order valence-electron chi connectivity index (χ3n) is 3.54. The number of carbonyl (C=O) groups excluding carboxylic acids is 1. The fraction of sp³-hybridized carbons (Fsp3) is 0.429. The summed E-state index contributed by atoms with van der Waals surface area (Å²) in [4.78, 5) is 24.1. The molecule has 0 aromatic heterocycles. The lowest BCUT2D eigenvalue weighted by Gasteiger charge is -2.25. The first-order valence-corrected chi connectivity index (χ1v) is 8.61. The van der Waals surface area contributed by atoms with Gasteiger partial charge in [-0.25, -0.2) is 8.42 Å². The zero-order valence-corrected chi connectivity index (χ0v) is 14.1. The minimum absolute atomic E-state index is 0.361. The number of carboxylic acids is 1. The quantitative estimate of drug-likeness (QED) is 0.846. The van der Waals surface area contributed by atoms with Crippen molar-refractivity contribution in [3.05, 3.63) is 34.9 Å². The SMILES string of the molecule is C[C@H](c1ccc(Cl)cc1)N(C)C(=O)CS(=O)(=O)[C@H](C)C(=O)O. The summed E-state index contributed by atoms with van der Waals surface area (Å²) in [5.74, 6) is -2.97. The van der Waals surface area contributed by atoms with Crippen molar-refractivity contribution < 1.29 is 23.1 Å². The van der Waals surface area contributed by atoms with Crippen LogP contribution < -0.4 is 0 Å². The molecule has 0 radical (unpaired) electrons. The van der Waals surface area contributed by atoms with Crippen LogP contribution in [0.5, 0.6) is 0 Å². The molecule has 22 heavy (non-hydrogen) atoms. The predicted molar refractivity (Wildman–Crippen MR) is 83.5 cm³/mol. The van der Waals surface area contributed by atoms with Crippen molar-refractivity contribution in [2.45, 2.75) is 25.1 Å². The smallest absolute Gasteiger partial charge is 0.321 e. The van der Waals surface area contributed by atoms with Crippen molar-refractivity contribution in [1.82, 2.24) is 4.90 Å². The summed E-state index contributed by atoms with van der Waals surface area (Å²) in [7, 11) is -2.56. The number of carbonyl (C=O) groups is 2. The molecular weight excluding hydrogens is 330 g/mol. The first-order chi connectivity index (χ1) is 10.1. The summed E-state index contributed by atoms with van der Waals surface area (Å²) in [6.45, 7) is 2.79. The first kappa shape index (κ1) is 18.4. The van der Waals surface area contributed by atoms with Gasteiger partial charge in [0.15, 0.2) is 15.1 Å². The van der Waals surface area contributed by atoms with E-state index >= 15 is 0 Å². The van der Waals surface area contributed by atoms with Crippen molar-refractivity contribution in [3.8, 4) is 0 Å². The Morgan fingerprint density at radius 2 is 1.73 bits per heavy atom. The summed E-state index contributed by atoms with van der Waals surface area (Å²) in [6.07, 6.45) is 0. The molecule has 0 spiro atoms. The Balaban J connectivity index is 2.85. The van der Waals surface area contributed by atoms with Crippen LogP contribution in [-0.4, -0.2) is 48.4 Å². The van der Waals surface area contributed by atoms with E-state index in [0.29, 0.717) is 5.02 Å². The van der Waals surface area contributed by atoms with Gasteiger partial charge >= 0.3 is 5.97 Å². The van der Waals surface area contributed by atoms with Crippen molar-refractivity contribution in [1.29, 1.82) is 0 Å². The second kappa shape index (κ2) is 7.11. The van der Waals surface area contributed by atoms with E-state index in [9.17, 15) is 18.0 Å². The molecule has 0 aliphatic heterocycles. The maximum Gasteiger partial charge on any atom is 0.321 e. The molecule has 0 saturated carbocycles. The van der Waals surface area contributed by atoms with Crippen LogP contribution in [0, 0.1) is 0 Å². The molecule has 0 unspecified atom stereocenters. The van der Waals surface area contributed by atoms with Gasteiger partial charge in [-0.2, -0.15) is 0 Å². The molecule has 0 bridgehead atoms. The van der Waals surface area contributed by atoms with E-state index < -0.39 is 32.7 Å². The Kier molecular flexibility index (Phi) is 5.96. The normalized spacial score (nSPS) is 14.2. The summed E-state index contributed by atoms with van der Waals surface area (Å²) < 4.78 is 23.7. The summed E-state index contributed by atoms with van der Waals surface area (Å²) in [6, 6.07) is 6.47. The Labute approximate surface area is 134 Å². The van der Waals surface area contributed by atoms with Crippen LogP contribution in [0.2, 0.25) is 5.02 Å². The van der Waals surface area contributed by atoms with Crippen LogP contribution in [0.4, 0.5) is 0 Å². The highest BCUT2D eigenvalue weighted by Gasteiger charge is 2.32. The lowest BCUT2D eigenvalue weighted by atomic mass is 10.1. The molecule has 6 nitrogen and oxygen atoms in total. The molecule has 0 fully saturated rings. The predicted octanol–water partition coefficient (Wildman–Crippen LogP) is 1.75. The van der Waals surface area contributed by atoms with Crippen LogP contribution in [0.1, 0.15) is 25.5 Å². The van der Waals surface area contributed by atoms with Crippen molar-refractivity contribution in [2.75, 3.05) is 12.8 Å². The second-order valence-electron chi connectivity index (χ2n) is 5.02. The maximum absolute atomic E-state index is 12.1. The molecule has 0 aliphatic rings. The molecule has 1 aromatic rings. The highest BCUT2D eigenvalue weighted by Crippen LogP contribution is 2.21. The van der Waals surface area contributed by atoms with Gasteiger partial charge in [0.25, 0.3) is 0 Å². The summed E-state index contributed by atoms with van der Waals surface area (Å²) >= 11 is 5.79.